The number of carbonyl (C=O) groups excluding carboxylic acids is 1. The SMILES string of the molecule is Cc1ccc(-c2nc(SCC(N)=O)oc2-c2ccc(C)cc2)cc1. The van der Waals surface area contributed by atoms with Crippen LogP contribution in [0.4, 0.5) is 0 Å². The number of carbonyl (C=O) groups is 1. The highest BCUT2D eigenvalue weighted by Crippen LogP contribution is 2.35. The minimum atomic E-state index is -0.396. The summed E-state index contributed by atoms with van der Waals surface area (Å²) in [6, 6.07) is 16.2. The number of benzene rings is 2. The Hall–Kier alpha value is -2.53. The Morgan fingerprint density at radius 3 is 2.08 bits per heavy atom. The second kappa shape index (κ2) is 6.93. The summed E-state index contributed by atoms with van der Waals surface area (Å²) in [4.78, 5) is 15.6. The lowest BCUT2D eigenvalue weighted by Gasteiger charge is -2.02. The van der Waals surface area contributed by atoms with Gasteiger partial charge in [-0.15, -0.1) is 0 Å². The molecule has 2 N–H and O–H groups in total. The van der Waals surface area contributed by atoms with Crippen molar-refractivity contribution in [3.05, 3.63) is 59.7 Å². The van der Waals surface area contributed by atoms with Crippen LogP contribution in [-0.2, 0) is 4.79 Å². The molecule has 122 valence electrons. The molecule has 0 aliphatic heterocycles. The van der Waals surface area contributed by atoms with Crippen molar-refractivity contribution in [1.82, 2.24) is 4.98 Å². The molecule has 0 aliphatic carbocycles. The number of hydrogen-bond donors (Lipinski definition) is 1. The Morgan fingerprint density at radius 1 is 1.00 bits per heavy atom. The van der Waals surface area contributed by atoms with Gasteiger partial charge >= 0.3 is 0 Å². The van der Waals surface area contributed by atoms with Crippen molar-refractivity contribution >= 4 is 17.7 Å². The standard InChI is InChI=1S/C19H18N2O2S/c1-12-3-7-14(8-4-12)17-18(15-9-5-13(2)6-10-15)23-19(21-17)24-11-16(20)22/h3-10H,11H2,1-2H3,(H2,20,22). The van der Waals surface area contributed by atoms with Gasteiger partial charge in [-0.05, 0) is 13.8 Å². The zero-order chi connectivity index (χ0) is 17.1. The van der Waals surface area contributed by atoms with Crippen molar-refractivity contribution in [1.29, 1.82) is 0 Å². The highest BCUT2D eigenvalue weighted by atomic mass is 32.2. The third-order valence-electron chi connectivity index (χ3n) is 3.58. The molecule has 3 aromatic rings. The van der Waals surface area contributed by atoms with Crippen LogP contribution in [0.5, 0.6) is 0 Å². The molecule has 5 heteroatoms. The summed E-state index contributed by atoms with van der Waals surface area (Å²) in [7, 11) is 0. The highest BCUT2D eigenvalue weighted by molar-refractivity contribution is 7.99. The van der Waals surface area contributed by atoms with Crippen molar-refractivity contribution < 1.29 is 9.21 Å². The number of amides is 1. The Balaban J connectivity index is 2.05. The molecule has 0 fully saturated rings. The van der Waals surface area contributed by atoms with E-state index in [1.807, 2.05) is 62.4 Å². The number of oxazole rings is 1. The molecule has 0 saturated carbocycles. The molecular formula is C19H18N2O2S. The van der Waals surface area contributed by atoms with Crippen molar-refractivity contribution in [3.63, 3.8) is 0 Å². The van der Waals surface area contributed by atoms with Crippen LogP contribution < -0.4 is 5.73 Å². The van der Waals surface area contributed by atoms with Gasteiger partial charge in [0.1, 0.15) is 5.69 Å². The number of primary amides is 1. The average Bonchev–Trinajstić information content (AvgIpc) is 2.98. The molecule has 1 aromatic heterocycles. The Morgan fingerprint density at radius 2 is 1.54 bits per heavy atom. The minimum Gasteiger partial charge on any atom is -0.431 e. The normalized spacial score (nSPS) is 10.8. The van der Waals surface area contributed by atoms with Crippen molar-refractivity contribution in [2.45, 2.75) is 19.1 Å². The molecule has 4 nitrogen and oxygen atoms in total. The zero-order valence-electron chi connectivity index (χ0n) is 13.6. The first kappa shape index (κ1) is 16.3. The number of aromatic nitrogens is 1. The molecular weight excluding hydrogens is 320 g/mol. The van der Waals surface area contributed by atoms with Gasteiger partial charge in [-0.3, -0.25) is 4.79 Å². The molecule has 1 amide bonds. The zero-order valence-corrected chi connectivity index (χ0v) is 14.4. The molecule has 0 unspecified atom stereocenters. The Kier molecular flexibility index (Phi) is 4.71. The first-order valence-corrected chi connectivity index (χ1v) is 8.57. The third kappa shape index (κ3) is 3.68. The number of nitrogens with two attached hydrogens (primary N) is 1. The summed E-state index contributed by atoms with van der Waals surface area (Å²) in [5, 5.41) is 0.444. The minimum absolute atomic E-state index is 0.140. The topological polar surface area (TPSA) is 69.1 Å². The van der Waals surface area contributed by atoms with E-state index in [9.17, 15) is 4.79 Å². The van der Waals surface area contributed by atoms with Crippen LogP contribution in [-0.4, -0.2) is 16.6 Å². The van der Waals surface area contributed by atoms with Crippen LogP contribution in [0.15, 0.2) is 58.2 Å². The van der Waals surface area contributed by atoms with E-state index in [1.54, 1.807) is 0 Å². The van der Waals surface area contributed by atoms with Gasteiger partial charge in [0.05, 0.1) is 5.75 Å². The predicted molar refractivity (Wildman–Crippen MR) is 96.8 cm³/mol. The summed E-state index contributed by atoms with van der Waals surface area (Å²) >= 11 is 1.21. The van der Waals surface area contributed by atoms with E-state index >= 15 is 0 Å². The maximum Gasteiger partial charge on any atom is 0.257 e. The van der Waals surface area contributed by atoms with E-state index < -0.39 is 5.91 Å². The smallest absolute Gasteiger partial charge is 0.257 e. The summed E-state index contributed by atoms with van der Waals surface area (Å²) in [6.07, 6.45) is 0. The molecule has 0 radical (unpaired) electrons. The number of nitrogens with zero attached hydrogens (tertiary/aromatic N) is 1. The van der Waals surface area contributed by atoms with Crippen LogP contribution in [0.2, 0.25) is 0 Å². The van der Waals surface area contributed by atoms with Crippen LogP contribution in [0, 0.1) is 13.8 Å². The van der Waals surface area contributed by atoms with E-state index in [0.29, 0.717) is 11.0 Å². The van der Waals surface area contributed by atoms with Gasteiger partial charge in [-0.2, -0.15) is 0 Å². The molecule has 24 heavy (non-hydrogen) atoms. The molecule has 3 rings (SSSR count). The van der Waals surface area contributed by atoms with Gasteiger partial charge in [-0.1, -0.05) is 71.4 Å². The second-order valence-corrected chi connectivity index (χ2v) is 6.57. The van der Waals surface area contributed by atoms with Gasteiger partial charge in [0.15, 0.2) is 5.76 Å². The lowest BCUT2D eigenvalue weighted by molar-refractivity contribution is -0.115. The van der Waals surface area contributed by atoms with Gasteiger partial charge < -0.3 is 10.2 Å². The molecule has 2 aromatic carbocycles. The number of rotatable bonds is 5. The Labute approximate surface area is 145 Å². The van der Waals surface area contributed by atoms with E-state index in [0.717, 1.165) is 16.8 Å². The maximum absolute atomic E-state index is 11.0. The first-order valence-electron chi connectivity index (χ1n) is 7.59. The summed E-state index contributed by atoms with van der Waals surface area (Å²) in [5.74, 6) is 0.444. The largest absolute Gasteiger partial charge is 0.431 e. The fraction of sp³-hybridized carbons (Fsp3) is 0.158. The van der Waals surface area contributed by atoms with Crippen LogP contribution >= 0.6 is 11.8 Å². The number of thioether (sulfide) groups is 1. The number of aryl methyl sites for hydroxylation is 2. The van der Waals surface area contributed by atoms with Crippen molar-refractivity contribution in [2.24, 2.45) is 5.73 Å². The molecule has 0 spiro atoms. The average molecular weight is 338 g/mol. The van der Waals surface area contributed by atoms with Gasteiger partial charge in [0.2, 0.25) is 5.91 Å². The second-order valence-electron chi connectivity index (χ2n) is 5.64. The van der Waals surface area contributed by atoms with E-state index in [2.05, 4.69) is 4.98 Å². The molecule has 0 bridgehead atoms. The highest BCUT2D eigenvalue weighted by Gasteiger charge is 2.17. The fourth-order valence-electron chi connectivity index (χ4n) is 2.30. The maximum atomic E-state index is 11.0. The first-order chi connectivity index (χ1) is 11.5. The third-order valence-corrected chi connectivity index (χ3v) is 4.43. The van der Waals surface area contributed by atoms with E-state index in [-0.39, 0.29) is 5.75 Å². The monoisotopic (exact) mass is 338 g/mol. The quantitative estimate of drug-likeness (QED) is 0.708. The fourth-order valence-corrected chi connectivity index (χ4v) is 2.87. The van der Waals surface area contributed by atoms with Crippen LogP contribution in [0.1, 0.15) is 11.1 Å². The van der Waals surface area contributed by atoms with E-state index in [4.69, 9.17) is 10.2 Å². The molecule has 0 saturated heterocycles. The molecule has 1 heterocycles. The Bertz CT molecular complexity index is 789. The molecule has 0 aliphatic rings. The summed E-state index contributed by atoms with van der Waals surface area (Å²) < 4.78 is 5.92. The van der Waals surface area contributed by atoms with Crippen molar-refractivity contribution in [2.75, 3.05) is 5.75 Å². The van der Waals surface area contributed by atoms with Gasteiger partial charge in [0.25, 0.3) is 5.22 Å². The van der Waals surface area contributed by atoms with Crippen molar-refractivity contribution in [3.8, 4) is 22.6 Å². The lowest BCUT2D eigenvalue weighted by atomic mass is 10.0. The van der Waals surface area contributed by atoms with Gasteiger partial charge in [-0.25, -0.2) is 4.98 Å². The van der Waals surface area contributed by atoms with Gasteiger partial charge in [0, 0.05) is 11.1 Å². The molecule has 0 atom stereocenters. The number of hydrogen-bond acceptors (Lipinski definition) is 4. The summed E-state index contributed by atoms with van der Waals surface area (Å²) in [6.45, 7) is 4.08. The summed E-state index contributed by atoms with van der Waals surface area (Å²) in [5.41, 5.74) is 10.3. The predicted octanol–water partition coefficient (Wildman–Crippen LogP) is 4.20. The lowest BCUT2D eigenvalue weighted by Crippen LogP contribution is -2.12. The van der Waals surface area contributed by atoms with Crippen LogP contribution in [0.25, 0.3) is 22.6 Å². The van der Waals surface area contributed by atoms with Crippen LogP contribution in [0.3, 0.4) is 0 Å². The van der Waals surface area contributed by atoms with E-state index in [1.165, 1.54) is 22.9 Å².